The average molecular weight is 414 g/mol. The van der Waals surface area contributed by atoms with Gasteiger partial charge in [0, 0.05) is 29.6 Å². The number of para-hydroxylation sites is 1. The molecule has 1 N–H and O–H groups in total. The number of carbonyl (C=O) groups excluding carboxylic acids is 2. The molecule has 4 rings (SSSR count). The number of nitrogens with zero attached hydrogens (tertiary/aromatic N) is 2. The van der Waals surface area contributed by atoms with E-state index in [9.17, 15) is 9.59 Å². The van der Waals surface area contributed by atoms with Gasteiger partial charge in [0.2, 0.25) is 0 Å². The lowest BCUT2D eigenvalue weighted by Crippen LogP contribution is -2.45. The van der Waals surface area contributed by atoms with E-state index in [0.717, 1.165) is 15.2 Å². The van der Waals surface area contributed by atoms with E-state index in [-0.39, 0.29) is 17.7 Å². The number of benzene rings is 2. The number of hydrogen-bond donors (Lipinski definition) is 1. The summed E-state index contributed by atoms with van der Waals surface area (Å²) >= 11 is 7.48. The van der Waals surface area contributed by atoms with Crippen molar-refractivity contribution in [3.05, 3.63) is 64.1 Å². The van der Waals surface area contributed by atoms with Crippen molar-refractivity contribution in [2.45, 2.75) is 19.4 Å². The molecule has 7 heteroatoms. The second-order valence-electron chi connectivity index (χ2n) is 6.87. The van der Waals surface area contributed by atoms with Crippen molar-refractivity contribution in [2.75, 3.05) is 13.1 Å². The molecule has 0 atom stereocenters. The molecule has 0 unspecified atom stereocenters. The number of carbonyl (C=O) groups is 2. The molecular weight excluding hydrogens is 394 g/mol. The first-order valence-electron chi connectivity index (χ1n) is 9.27. The van der Waals surface area contributed by atoms with Gasteiger partial charge in [-0.2, -0.15) is 0 Å². The van der Waals surface area contributed by atoms with Crippen molar-refractivity contribution in [2.24, 2.45) is 5.92 Å². The zero-order chi connectivity index (χ0) is 19.5. The summed E-state index contributed by atoms with van der Waals surface area (Å²) in [7, 11) is 0. The van der Waals surface area contributed by atoms with Gasteiger partial charge in [-0.25, -0.2) is 9.78 Å². The van der Waals surface area contributed by atoms with E-state index in [1.807, 2.05) is 24.3 Å². The largest absolute Gasteiger partial charge is 0.331 e. The van der Waals surface area contributed by atoms with E-state index in [1.54, 1.807) is 40.5 Å². The molecule has 0 aliphatic carbocycles. The molecule has 2 heterocycles. The van der Waals surface area contributed by atoms with Gasteiger partial charge >= 0.3 is 6.03 Å². The molecule has 0 bridgehead atoms. The fourth-order valence-electron chi connectivity index (χ4n) is 3.45. The predicted molar refractivity (Wildman–Crippen MR) is 112 cm³/mol. The maximum atomic E-state index is 12.6. The normalized spacial score (nSPS) is 15.0. The Labute approximate surface area is 172 Å². The molecule has 2 aromatic carbocycles. The lowest BCUT2D eigenvalue weighted by molar-refractivity contribution is 0.0854. The Morgan fingerprint density at radius 3 is 2.54 bits per heavy atom. The van der Waals surface area contributed by atoms with Gasteiger partial charge in [0.15, 0.2) is 5.78 Å². The number of fused-ring (bicyclic) bond motifs is 1. The van der Waals surface area contributed by atoms with Crippen molar-refractivity contribution in [1.82, 2.24) is 15.2 Å². The number of hydrogen-bond acceptors (Lipinski definition) is 4. The van der Waals surface area contributed by atoms with Crippen LogP contribution in [0, 0.1) is 5.92 Å². The van der Waals surface area contributed by atoms with E-state index in [0.29, 0.717) is 43.1 Å². The molecule has 1 saturated heterocycles. The van der Waals surface area contributed by atoms with Crippen LogP contribution in [0.2, 0.25) is 5.02 Å². The third kappa shape index (κ3) is 4.18. The van der Waals surface area contributed by atoms with Crippen LogP contribution >= 0.6 is 22.9 Å². The summed E-state index contributed by atoms with van der Waals surface area (Å²) in [5, 5.41) is 4.46. The fraction of sp³-hybridized carbons (Fsp3) is 0.286. The zero-order valence-corrected chi connectivity index (χ0v) is 16.8. The van der Waals surface area contributed by atoms with Crippen molar-refractivity contribution in [3.8, 4) is 0 Å². The van der Waals surface area contributed by atoms with Gasteiger partial charge in [-0.05, 0) is 49.2 Å². The Balaban J connectivity index is 1.28. The second kappa shape index (κ2) is 8.29. The van der Waals surface area contributed by atoms with E-state index >= 15 is 0 Å². The molecule has 1 aromatic heterocycles. The number of nitrogens with one attached hydrogen (secondary N) is 1. The number of likely N-dealkylation sites (tertiary alicyclic amines) is 1. The molecule has 0 saturated carbocycles. The topological polar surface area (TPSA) is 62.3 Å². The zero-order valence-electron chi connectivity index (χ0n) is 15.2. The number of aromatic nitrogens is 1. The molecule has 144 valence electrons. The van der Waals surface area contributed by atoms with Crippen LogP contribution in [-0.4, -0.2) is 34.8 Å². The van der Waals surface area contributed by atoms with Gasteiger partial charge in [-0.1, -0.05) is 23.7 Å². The first-order chi connectivity index (χ1) is 13.6. The summed E-state index contributed by atoms with van der Waals surface area (Å²) < 4.78 is 1.12. The second-order valence-corrected chi connectivity index (χ2v) is 8.42. The summed E-state index contributed by atoms with van der Waals surface area (Å²) in [6.07, 6.45) is 1.35. The van der Waals surface area contributed by atoms with E-state index in [4.69, 9.17) is 11.6 Å². The Kier molecular flexibility index (Phi) is 5.59. The minimum atomic E-state index is -0.100. The molecule has 1 aliphatic heterocycles. The molecule has 2 amide bonds. The maximum absolute atomic E-state index is 12.6. The molecule has 0 radical (unpaired) electrons. The van der Waals surface area contributed by atoms with E-state index in [1.165, 1.54) is 0 Å². The third-order valence-corrected chi connectivity index (χ3v) is 6.30. The van der Waals surface area contributed by atoms with Crippen LogP contribution < -0.4 is 5.32 Å². The number of piperidine rings is 1. The van der Waals surface area contributed by atoms with Crippen LogP contribution in [0.5, 0.6) is 0 Å². The lowest BCUT2D eigenvalue weighted by Gasteiger charge is -2.31. The van der Waals surface area contributed by atoms with Crippen LogP contribution in [0.25, 0.3) is 10.2 Å². The highest BCUT2D eigenvalue weighted by Crippen LogP contribution is 2.24. The Morgan fingerprint density at radius 2 is 1.82 bits per heavy atom. The average Bonchev–Trinajstić information content (AvgIpc) is 3.15. The van der Waals surface area contributed by atoms with Crippen molar-refractivity contribution in [3.63, 3.8) is 0 Å². The summed E-state index contributed by atoms with van der Waals surface area (Å²) in [4.78, 5) is 31.4. The van der Waals surface area contributed by atoms with Crippen molar-refractivity contribution in [1.29, 1.82) is 0 Å². The SMILES string of the molecule is O=C(c1ccc(Cl)cc1)C1CCN(C(=O)NCc2nc3ccccc3s2)CC1. The van der Waals surface area contributed by atoms with Gasteiger partial charge in [-0.15, -0.1) is 11.3 Å². The summed E-state index contributed by atoms with van der Waals surface area (Å²) in [6.45, 7) is 1.58. The number of rotatable bonds is 4. The highest BCUT2D eigenvalue weighted by atomic mass is 35.5. The number of ketones is 1. The predicted octanol–water partition coefficient (Wildman–Crippen LogP) is 4.75. The molecule has 3 aromatic rings. The maximum Gasteiger partial charge on any atom is 0.317 e. The van der Waals surface area contributed by atoms with Crippen molar-refractivity contribution >= 4 is 45.0 Å². The third-order valence-electron chi connectivity index (χ3n) is 5.01. The minimum absolute atomic E-state index is 0.0468. The van der Waals surface area contributed by atoms with Crippen molar-refractivity contribution < 1.29 is 9.59 Å². The van der Waals surface area contributed by atoms with Crippen LogP contribution in [0.3, 0.4) is 0 Å². The molecule has 1 fully saturated rings. The van der Waals surface area contributed by atoms with Gasteiger partial charge < -0.3 is 10.2 Å². The fourth-order valence-corrected chi connectivity index (χ4v) is 4.49. The monoisotopic (exact) mass is 413 g/mol. The highest BCUT2D eigenvalue weighted by molar-refractivity contribution is 7.18. The van der Waals surface area contributed by atoms with Gasteiger partial charge in [0.1, 0.15) is 5.01 Å². The van der Waals surface area contributed by atoms with Gasteiger partial charge in [-0.3, -0.25) is 4.79 Å². The van der Waals surface area contributed by atoms with Crippen LogP contribution in [0.15, 0.2) is 48.5 Å². The molecule has 1 aliphatic rings. The standard InChI is InChI=1S/C21H20ClN3O2S/c22-16-7-5-14(6-8-16)20(26)15-9-11-25(12-10-15)21(27)23-13-19-24-17-3-1-2-4-18(17)28-19/h1-8,15H,9-13H2,(H,23,27). The molecule has 5 nitrogen and oxygen atoms in total. The minimum Gasteiger partial charge on any atom is -0.331 e. The van der Waals surface area contributed by atoms with Crippen LogP contribution in [0.4, 0.5) is 4.79 Å². The first kappa shape index (κ1) is 18.9. The Hall–Kier alpha value is -2.44. The number of urea groups is 1. The Bertz CT molecular complexity index is 961. The van der Waals surface area contributed by atoms with E-state index in [2.05, 4.69) is 10.3 Å². The van der Waals surface area contributed by atoms with Gasteiger partial charge in [0.25, 0.3) is 0 Å². The number of amides is 2. The summed E-state index contributed by atoms with van der Waals surface area (Å²) in [6, 6.07) is 14.8. The highest BCUT2D eigenvalue weighted by Gasteiger charge is 2.28. The smallest absolute Gasteiger partial charge is 0.317 e. The quantitative estimate of drug-likeness (QED) is 0.627. The van der Waals surface area contributed by atoms with Crippen LogP contribution in [-0.2, 0) is 6.54 Å². The summed E-state index contributed by atoms with van der Waals surface area (Å²) in [5.74, 6) is 0.0840. The molecular formula is C21H20ClN3O2S. The number of halogens is 1. The Morgan fingerprint density at radius 1 is 1.11 bits per heavy atom. The molecule has 0 spiro atoms. The van der Waals surface area contributed by atoms with Gasteiger partial charge in [0.05, 0.1) is 16.8 Å². The number of thiazole rings is 1. The first-order valence-corrected chi connectivity index (χ1v) is 10.5. The van der Waals surface area contributed by atoms with E-state index < -0.39 is 0 Å². The van der Waals surface area contributed by atoms with Crippen LogP contribution in [0.1, 0.15) is 28.2 Å². The number of Topliss-reactive ketones (excluding diaryl/α,β-unsaturated/α-hetero) is 1. The lowest BCUT2D eigenvalue weighted by atomic mass is 9.89. The molecule has 28 heavy (non-hydrogen) atoms. The summed E-state index contributed by atoms with van der Waals surface area (Å²) in [5.41, 5.74) is 1.64.